The van der Waals surface area contributed by atoms with Gasteiger partial charge in [0.2, 0.25) is 0 Å². The molecule has 1 spiro atoms. The van der Waals surface area contributed by atoms with Gasteiger partial charge in [0, 0.05) is 18.0 Å². The Labute approximate surface area is 123 Å². The van der Waals surface area contributed by atoms with Crippen molar-refractivity contribution in [1.29, 1.82) is 5.26 Å². The van der Waals surface area contributed by atoms with Crippen LogP contribution in [0.1, 0.15) is 42.5 Å². The molecular weight excluding hydrogens is 266 g/mol. The number of amides is 1. The van der Waals surface area contributed by atoms with Crippen LogP contribution in [0.25, 0.3) is 0 Å². The third-order valence-electron chi connectivity index (χ3n) is 4.25. The van der Waals surface area contributed by atoms with Crippen molar-refractivity contribution in [2.24, 2.45) is 5.73 Å². The highest BCUT2D eigenvalue weighted by molar-refractivity contribution is 5.95. The number of nitriles is 1. The normalized spacial score (nSPS) is 20.6. The standard InChI is InChI=1S/C15H17N5O/c16-10-12-13(17)20(14(21)11-4-8-18-9-5-11)19-15(12)6-2-1-3-7-15/h4-5,8-9,19H,1-3,6-7,17H2. The maximum atomic E-state index is 12.6. The van der Waals surface area contributed by atoms with E-state index in [9.17, 15) is 10.1 Å². The minimum atomic E-state index is -0.472. The van der Waals surface area contributed by atoms with Gasteiger partial charge in [0.1, 0.15) is 11.9 Å². The molecule has 1 aromatic heterocycles. The fourth-order valence-electron chi connectivity index (χ4n) is 3.15. The zero-order valence-electron chi connectivity index (χ0n) is 11.7. The molecule has 0 saturated heterocycles. The minimum absolute atomic E-state index is 0.223. The molecule has 0 aromatic carbocycles. The van der Waals surface area contributed by atoms with Gasteiger partial charge in [0.15, 0.2) is 0 Å². The van der Waals surface area contributed by atoms with Crippen molar-refractivity contribution in [1.82, 2.24) is 15.4 Å². The van der Waals surface area contributed by atoms with Gasteiger partial charge in [-0.1, -0.05) is 19.3 Å². The van der Waals surface area contributed by atoms with Gasteiger partial charge in [-0.05, 0) is 25.0 Å². The molecule has 1 fully saturated rings. The highest BCUT2D eigenvalue weighted by Crippen LogP contribution is 2.39. The van der Waals surface area contributed by atoms with Gasteiger partial charge < -0.3 is 5.73 Å². The summed E-state index contributed by atoms with van der Waals surface area (Å²) >= 11 is 0. The van der Waals surface area contributed by atoms with Crippen LogP contribution in [-0.4, -0.2) is 21.4 Å². The summed E-state index contributed by atoms with van der Waals surface area (Å²) in [6, 6.07) is 5.46. The number of hydrogen-bond acceptors (Lipinski definition) is 5. The molecule has 6 heteroatoms. The van der Waals surface area contributed by atoms with E-state index >= 15 is 0 Å². The fourth-order valence-corrected chi connectivity index (χ4v) is 3.15. The topological polar surface area (TPSA) is 95.0 Å². The average molecular weight is 283 g/mol. The van der Waals surface area contributed by atoms with Crippen LogP contribution in [0.5, 0.6) is 0 Å². The molecule has 0 atom stereocenters. The number of aromatic nitrogens is 1. The Balaban J connectivity index is 1.94. The van der Waals surface area contributed by atoms with Crippen LogP contribution in [0, 0.1) is 11.3 Å². The number of nitrogens with zero attached hydrogens (tertiary/aromatic N) is 3. The smallest absolute Gasteiger partial charge is 0.274 e. The molecular formula is C15H17N5O. The van der Waals surface area contributed by atoms with Crippen LogP contribution < -0.4 is 11.2 Å². The SMILES string of the molecule is N#CC1=C(N)N(C(=O)c2ccncc2)NC12CCCCC2. The van der Waals surface area contributed by atoms with Crippen LogP contribution in [0.3, 0.4) is 0 Å². The van der Waals surface area contributed by atoms with Crippen LogP contribution in [-0.2, 0) is 0 Å². The largest absolute Gasteiger partial charge is 0.383 e. The predicted octanol–water partition coefficient (Wildman–Crippen LogP) is 1.44. The van der Waals surface area contributed by atoms with Crippen molar-refractivity contribution < 1.29 is 4.79 Å². The van der Waals surface area contributed by atoms with Gasteiger partial charge in [0.05, 0.1) is 11.1 Å². The van der Waals surface area contributed by atoms with Crippen LogP contribution in [0.15, 0.2) is 35.9 Å². The molecule has 1 aliphatic carbocycles. The second kappa shape index (κ2) is 5.19. The number of hydrazine groups is 1. The first-order chi connectivity index (χ1) is 10.2. The second-order valence-electron chi connectivity index (χ2n) is 5.50. The van der Waals surface area contributed by atoms with Crippen LogP contribution >= 0.6 is 0 Å². The maximum Gasteiger partial charge on any atom is 0.274 e. The first-order valence-electron chi connectivity index (χ1n) is 7.10. The average Bonchev–Trinajstić information content (AvgIpc) is 2.80. The summed E-state index contributed by atoms with van der Waals surface area (Å²) in [5, 5.41) is 10.8. The van der Waals surface area contributed by atoms with Crippen molar-refractivity contribution in [3.8, 4) is 6.07 Å². The molecule has 0 radical (unpaired) electrons. The number of pyridine rings is 1. The van der Waals surface area contributed by atoms with Gasteiger partial charge in [-0.3, -0.25) is 9.78 Å². The van der Waals surface area contributed by atoms with E-state index in [0.29, 0.717) is 11.1 Å². The number of carbonyl (C=O) groups is 1. The Bertz CT molecular complexity index is 625. The molecule has 2 heterocycles. The summed E-state index contributed by atoms with van der Waals surface area (Å²) in [5.41, 5.74) is 9.77. The first kappa shape index (κ1) is 13.6. The first-order valence-corrected chi connectivity index (χ1v) is 7.10. The van der Waals surface area contributed by atoms with Gasteiger partial charge in [-0.15, -0.1) is 0 Å². The van der Waals surface area contributed by atoms with E-state index in [1.165, 1.54) is 5.01 Å². The van der Waals surface area contributed by atoms with Gasteiger partial charge in [0.25, 0.3) is 5.91 Å². The molecule has 0 bridgehead atoms. The molecule has 1 aromatic rings. The highest BCUT2D eigenvalue weighted by Gasteiger charge is 2.46. The van der Waals surface area contributed by atoms with Crippen molar-refractivity contribution >= 4 is 5.91 Å². The fraction of sp³-hybridized carbons (Fsp3) is 0.400. The summed E-state index contributed by atoms with van der Waals surface area (Å²) in [5.74, 6) is -0.0358. The Hall–Kier alpha value is -2.39. The zero-order chi connectivity index (χ0) is 14.9. The molecule has 3 rings (SSSR count). The molecule has 3 N–H and O–H groups in total. The summed E-state index contributed by atoms with van der Waals surface area (Å²) < 4.78 is 0. The lowest BCUT2D eigenvalue weighted by atomic mass is 9.78. The molecule has 1 saturated carbocycles. The predicted molar refractivity (Wildman–Crippen MR) is 76.2 cm³/mol. The lowest BCUT2D eigenvalue weighted by molar-refractivity contribution is 0.0679. The molecule has 2 aliphatic rings. The minimum Gasteiger partial charge on any atom is -0.383 e. The number of nitrogens with two attached hydrogens (primary N) is 1. The number of carbonyl (C=O) groups excluding carboxylic acids is 1. The maximum absolute atomic E-state index is 12.6. The summed E-state index contributed by atoms with van der Waals surface area (Å²) in [4.78, 5) is 16.5. The third-order valence-corrected chi connectivity index (χ3v) is 4.25. The van der Waals surface area contributed by atoms with Gasteiger partial charge in [-0.25, -0.2) is 10.4 Å². The molecule has 0 unspecified atom stereocenters. The summed E-state index contributed by atoms with van der Waals surface area (Å²) in [6.45, 7) is 0. The Morgan fingerprint density at radius 1 is 1.33 bits per heavy atom. The second-order valence-corrected chi connectivity index (χ2v) is 5.50. The van der Waals surface area contributed by atoms with E-state index in [0.717, 1.165) is 32.1 Å². The quantitative estimate of drug-likeness (QED) is 0.813. The van der Waals surface area contributed by atoms with Gasteiger partial charge in [-0.2, -0.15) is 5.26 Å². The molecule has 21 heavy (non-hydrogen) atoms. The van der Waals surface area contributed by atoms with Crippen LogP contribution in [0.4, 0.5) is 0 Å². The summed E-state index contributed by atoms with van der Waals surface area (Å²) in [6.07, 6.45) is 7.99. The molecule has 1 amide bonds. The van der Waals surface area contributed by atoms with E-state index < -0.39 is 5.54 Å². The zero-order valence-corrected chi connectivity index (χ0v) is 11.7. The molecule has 108 valence electrons. The van der Waals surface area contributed by atoms with E-state index in [-0.39, 0.29) is 11.7 Å². The third kappa shape index (κ3) is 2.16. The Morgan fingerprint density at radius 2 is 2.00 bits per heavy atom. The van der Waals surface area contributed by atoms with E-state index in [2.05, 4.69) is 16.5 Å². The lowest BCUT2D eigenvalue weighted by Gasteiger charge is -2.34. The monoisotopic (exact) mass is 283 g/mol. The van der Waals surface area contributed by atoms with Crippen molar-refractivity contribution in [2.45, 2.75) is 37.6 Å². The van der Waals surface area contributed by atoms with E-state index in [1.54, 1.807) is 24.5 Å². The van der Waals surface area contributed by atoms with Crippen molar-refractivity contribution in [2.75, 3.05) is 0 Å². The van der Waals surface area contributed by atoms with Crippen molar-refractivity contribution in [3.05, 3.63) is 41.5 Å². The van der Waals surface area contributed by atoms with E-state index in [1.807, 2.05) is 0 Å². The van der Waals surface area contributed by atoms with Crippen LogP contribution in [0.2, 0.25) is 0 Å². The Kier molecular flexibility index (Phi) is 3.35. The molecule has 6 nitrogen and oxygen atoms in total. The summed E-state index contributed by atoms with van der Waals surface area (Å²) in [7, 11) is 0. The Morgan fingerprint density at radius 3 is 2.62 bits per heavy atom. The number of nitrogens with one attached hydrogen (secondary N) is 1. The lowest BCUT2D eigenvalue weighted by Crippen LogP contribution is -2.51. The number of rotatable bonds is 1. The van der Waals surface area contributed by atoms with E-state index in [4.69, 9.17) is 5.73 Å². The molecule has 1 aliphatic heterocycles. The van der Waals surface area contributed by atoms with Gasteiger partial charge >= 0.3 is 0 Å². The highest BCUT2D eigenvalue weighted by atomic mass is 16.2. The van der Waals surface area contributed by atoms with Crippen molar-refractivity contribution in [3.63, 3.8) is 0 Å². The number of hydrogen-bond donors (Lipinski definition) is 2.